The zero-order valence-electron chi connectivity index (χ0n) is 27.1. The summed E-state index contributed by atoms with van der Waals surface area (Å²) >= 11 is 0. The third-order valence-corrected chi connectivity index (χ3v) is 8.28. The van der Waals surface area contributed by atoms with Crippen LogP contribution in [0.2, 0.25) is 0 Å². The second kappa shape index (κ2) is 32.6. The molecule has 0 aliphatic rings. The molecule has 0 saturated carbocycles. The minimum absolute atomic E-state index is 0.0375. The van der Waals surface area contributed by atoms with Crippen LogP contribution in [0.4, 0.5) is 0 Å². The number of carbonyl (C=O) groups excluding carboxylic acids is 1. The van der Waals surface area contributed by atoms with Crippen LogP contribution in [-0.2, 0) is 4.79 Å². The molecule has 0 fully saturated rings. The van der Waals surface area contributed by atoms with Crippen LogP contribution in [0.25, 0.3) is 0 Å². The molecule has 0 spiro atoms. The summed E-state index contributed by atoms with van der Waals surface area (Å²) in [5.41, 5.74) is 0. The minimum Gasteiger partial charge on any atom is -0.394 e. The summed E-state index contributed by atoms with van der Waals surface area (Å²) in [6, 6.07) is -0.530. The van der Waals surface area contributed by atoms with Crippen LogP contribution in [0.15, 0.2) is 12.2 Å². The zero-order chi connectivity index (χ0) is 29.4. The Kier molecular flexibility index (Phi) is 31.9. The molecule has 0 aromatic heterocycles. The first-order valence-corrected chi connectivity index (χ1v) is 17.9. The first-order valence-electron chi connectivity index (χ1n) is 17.9. The molecule has 0 aliphatic carbocycles. The molecule has 0 aromatic carbocycles. The molecule has 4 nitrogen and oxygen atoms in total. The molecule has 0 aromatic rings. The second-order valence-electron chi connectivity index (χ2n) is 12.3. The van der Waals surface area contributed by atoms with E-state index in [4.69, 9.17) is 0 Å². The molecule has 40 heavy (non-hydrogen) atoms. The van der Waals surface area contributed by atoms with E-state index in [2.05, 4.69) is 31.3 Å². The standard InChI is InChI=1S/C36H71NO3/c1-3-5-7-9-11-12-13-14-15-16-17-18-19-20-21-22-23-24-26-28-30-32-36(40)37-34(33-38)35(39)31-29-27-25-10-8-6-4-2/h16-17,34-35,38-39H,3-15,18-33H2,1-2H3,(H,37,40)/b17-16-. The van der Waals surface area contributed by atoms with Gasteiger partial charge in [-0.2, -0.15) is 0 Å². The van der Waals surface area contributed by atoms with Crippen molar-refractivity contribution in [2.24, 2.45) is 0 Å². The lowest BCUT2D eigenvalue weighted by atomic mass is 10.0. The van der Waals surface area contributed by atoms with E-state index in [9.17, 15) is 15.0 Å². The van der Waals surface area contributed by atoms with Gasteiger partial charge in [-0.15, -0.1) is 0 Å². The highest BCUT2D eigenvalue weighted by Gasteiger charge is 2.19. The lowest BCUT2D eigenvalue weighted by Crippen LogP contribution is -2.45. The Labute approximate surface area is 250 Å². The number of hydrogen-bond acceptors (Lipinski definition) is 3. The third-order valence-electron chi connectivity index (χ3n) is 8.28. The maximum absolute atomic E-state index is 12.3. The number of rotatable bonds is 32. The number of amides is 1. The van der Waals surface area contributed by atoms with Gasteiger partial charge in [0.15, 0.2) is 0 Å². The molecule has 0 saturated heterocycles. The monoisotopic (exact) mass is 566 g/mol. The normalized spacial score (nSPS) is 13.2. The van der Waals surface area contributed by atoms with Gasteiger partial charge in [-0.05, 0) is 38.5 Å². The summed E-state index contributed by atoms with van der Waals surface area (Å²) in [4.78, 5) is 12.3. The van der Waals surface area contributed by atoms with E-state index < -0.39 is 12.1 Å². The maximum atomic E-state index is 12.3. The van der Waals surface area contributed by atoms with Gasteiger partial charge in [0.2, 0.25) is 5.91 Å². The van der Waals surface area contributed by atoms with Gasteiger partial charge in [-0.3, -0.25) is 4.79 Å². The average Bonchev–Trinajstić information content (AvgIpc) is 2.96. The number of hydrogen-bond donors (Lipinski definition) is 3. The molecule has 2 atom stereocenters. The molecule has 3 N–H and O–H groups in total. The highest BCUT2D eigenvalue weighted by atomic mass is 16.3. The van der Waals surface area contributed by atoms with Crippen molar-refractivity contribution in [3.05, 3.63) is 12.2 Å². The van der Waals surface area contributed by atoms with Gasteiger partial charge in [-0.25, -0.2) is 0 Å². The summed E-state index contributed by atoms with van der Waals surface area (Å²) in [5, 5.41) is 22.8. The SMILES string of the molecule is CCCCCCCCCC/C=C\CCCCCCCCCCCC(=O)NC(CO)C(O)CCCCCCCCC. The van der Waals surface area contributed by atoms with Crippen LogP contribution in [0.5, 0.6) is 0 Å². The van der Waals surface area contributed by atoms with Crippen molar-refractivity contribution < 1.29 is 15.0 Å². The molecule has 238 valence electrons. The first-order chi connectivity index (χ1) is 19.7. The molecule has 0 rings (SSSR count). The highest BCUT2D eigenvalue weighted by molar-refractivity contribution is 5.76. The number of aliphatic hydroxyl groups is 2. The van der Waals surface area contributed by atoms with Gasteiger partial charge in [0, 0.05) is 6.42 Å². The number of nitrogens with one attached hydrogen (secondary N) is 1. The van der Waals surface area contributed by atoms with Crippen LogP contribution >= 0.6 is 0 Å². The quantitative estimate of drug-likeness (QED) is 0.0561. The van der Waals surface area contributed by atoms with E-state index in [0.29, 0.717) is 12.8 Å². The van der Waals surface area contributed by atoms with Crippen LogP contribution in [0.3, 0.4) is 0 Å². The van der Waals surface area contributed by atoms with Crippen molar-refractivity contribution >= 4 is 5.91 Å². The van der Waals surface area contributed by atoms with Crippen LogP contribution in [0, 0.1) is 0 Å². The van der Waals surface area contributed by atoms with E-state index in [1.807, 2.05) is 0 Å². The van der Waals surface area contributed by atoms with E-state index in [0.717, 1.165) is 25.7 Å². The zero-order valence-corrected chi connectivity index (χ0v) is 27.1. The van der Waals surface area contributed by atoms with Crippen molar-refractivity contribution in [2.45, 2.75) is 206 Å². The topological polar surface area (TPSA) is 69.6 Å². The predicted octanol–water partition coefficient (Wildman–Crippen LogP) is 10.3. The van der Waals surface area contributed by atoms with Gasteiger partial charge < -0.3 is 15.5 Å². The van der Waals surface area contributed by atoms with E-state index in [1.54, 1.807) is 0 Å². The Morgan fingerprint density at radius 2 is 0.950 bits per heavy atom. The van der Waals surface area contributed by atoms with Gasteiger partial charge in [-0.1, -0.05) is 161 Å². The smallest absolute Gasteiger partial charge is 0.220 e. The summed E-state index contributed by atoms with van der Waals surface area (Å²) in [7, 11) is 0. The van der Waals surface area contributed by atoms with Crippen molar-refractivity contribution in [2.75, 3.05) is 6.61 Å². The van der Waals surface area contributed by atoms with E-state index in [-0.39, 0.29) is 12.5 Å². The third kappa shape index (κ3) is 28.7. The summed E-state index contributed by atoms with van der Waals surface area (Å²) < 4.78 is 0. The largest absolute Gasteiger partial charge is 0.394 e. The van der Waals surface area contributed by atoms with Crippen molar-refractivity contribution in [1.82, 2.24) is 5.32 Å². The summed E-state index contributed by atoms with van der Waals surface area (Å²) in [6.45, 7) is 4.31. The molecular formula is C36H71NO3. The summed E-state index contributed by atoms with van der Waals surface area (Å²) in [5.74, 6) is -0.0375. The van der Waals surface area contributed by atoms with Gasteiger partial charge >= 0.3 is 0 Å². The minimum atomic E-state index is -0.652. The van der Waals surface area contributed by atoms with Crippen molar-refractivity contribution in [1.29, 1.82) is 0 Å². The molecule has 0 aliphatic heterocycles. The fraction of sp³-hybridized carbons (Fsp3) is 0.917. The maximum Gasteiger partial charge on any atom is 0.220 e. The van der Waals surface area contributed by atoms with Crippen LogP contribution < -0.4 is 5.32 Å². The molecule has 0 heterocycles. The Morgan fingerprint density at radius 3 is 1.38 bits per heavy atom. The number of unbranched alkanes of at least 4 members (excludes halogenated alkanes) is 23. The molecule has 0 radical (unpaired) electrons. The second-order valence-corrected chi connectivity index (χ2v) is 12.3. The lowest BCUT2D eigenvalue weighted by molar-refractivity contribution is -0.123. The molecule has 2 unspecified atom stereocenters. The Morgan fingerprint density at radius 1 is 0.575 bits per heavy atom. The fourth-order valence-electron chi connectivity index (χ4n) is 5.47. The molecular weight excluding hydrogens is 494 g/mol. The van der Waals surface area contributed by atoms with Gasteiger partial charge in [0.25, 0.3) is 0 Å². The summed E-state index contributed by atoms with van der Waals surface area (Å²) in [6.07, 6.45) is 38.5. The van der Waals surface area contributed by atoms with Gasteiger partial charge in [0.05, 0.1) is 18.8 Å². The Bertz CT molecular complexity index is 536. The van der Waals surface area contributed by atoms with Crippen molar-refractivity contribution in [3.8, 4) is 0 Å². The Balaban J connectivity index is 3.47. The predicted molar refractivity (Wildman–Crippen MR) is 175 cm³/mol. The first kappa shape index (κ1) is 39.1. The fourth-order valence-corrected chi connectivity index (χ4v) is 5.47. The molecule has 1 amide bonds. The highest BCUT2D eigenvalue weighted by Crippen LogP contribution is 2.14. The van der Waals surface area contributed by atoms with Crippen LogP contribution in [0.1, 0.15) is 194 Å². The molecule has 0 bridgehead atoms. The van der Waals surface area contributed by atoms with Crippen LogP contribution in [-0.4, -0.2) is 34.9 Å². The molecule has 4 heteroatoms. The van der Waals surface area contributed by atoms with Crippen molar-refractivity contribution in [3.63, 3.8) is 0 Å². The lowest BCUT2D eigenvalue weighted by Gasteiger charge is -2.22. The average molecular weight is 566 g/mol. The van der Waals surface area contributed by atoms with E-state index in [1.165, 1.54) is 141 Å². The number of aliphatic hydroxyl groups excluding tert-OH is 2. The number of allylic oxidation sites excluding steroid dienone is 2. The number of carbonyl (C=O) groups is 1. The van der Waals surface area contributed by atoms with Gasteiger partial charge in [0.1, 0.15) is 0 Å². The Hall–Kier alpha value is -0.870. The van der Waals surface area contributed by atoms with E-state index >= 15 is 0 Å².